The molecular weight excluding hydrogens is 50.8 g/mol. The predicted molar refractivity (Wildman–Crippen MR) is 20.8 cm³/mol. The summed E-state index contributed by atoms with van der Waals surface area (Å²) in [5, 5.41) is 0. The molecule has 0 aromatic rings. The molecule has 0 N–H and O–H groups in total. The van der Waals surface area contributed by atoms with Crippen molar-refractivity contribution in [2.45, 2.75) is 6.32 Å². The van der Waals surface area contributed by atoms with Crippen LogP contribution in [0.4, 0.5) is 0 Å². The van der Waals surface area contributed by atoms with Crippen molar-refractivity contribution in [2.24, 2.45) is 0 Å². The number of carbonyl (C=O) groups excluding carboxylic acids is 1. The summed E-state index contributed by atoms with van der Waals surface area (Å²) in [6.07, 6.45) is 1.30. The van der Waals surface area contributed by atoms with Crippen LogP contribution in [0.3, 0.4) is 0 Å². The van der Waals surface area contributed by atoms with Gasteiger partial charge >= 0.3 is 0 Å². The van der Waals surface area contributed by atoms with Crippen LogP contribution in [0, 0.1) is 0 Å². The van der Waals surface area contributed by atoms with E-state index in [0.29, 0.717) is 6.32 Å². The molecule has 0 unspecified atom stereocenters. The van der Waals surface area contributed by atoms with Crippen LogP contribution in [-0.2, 0) is 4.79 Å². The second kappa shape index (κ2) is 2.73. The maximum absolute atomic E-state index is 9.32. The van der Waals surface area contributed by atoms with Gasteiger partial charge in [0.05, 0.1) is 6.29 Å². The predicted octanol–water partition coefficient (Wildman–Crippen LogP) is -1.03. The molecular formula is C2H6BO-. The van der Waals surface area contributed by atoms with Gasteiger partial charge in [0.15, 0.2) is 0 Å². The summed E-state index contributed by atoms with van der Waals surface area (Å²) in [5.74, 6) is 0. The molecule has 0 aromatic carbocycles. The molecule has 0 rings (SSSR count). The van der Waals surface area contributed by atoms with Gasteiger partial charge in [0.25, 0.3) is 0 Å². The highest BCUT2D eigenvalue weighted by molar-refractivity contribution is 6.15. The van der Waals surface area contributed by atoms with E-state index in [1.165, 1.54) is 0 Å². The van der Waals surface area contributed by atoms with Crippen LogP contribution < -0.4 is 0 Å². The van der Waals surface area contributed by atoms with Crippen LogP contribution in [-0.4, -0.2) is 15.4 Å². The van der Waals surface area contributed by atoms with Crippen molar-refractivity contribution < 1.29 is 4.79 Å². The lowest BCUT2D eigenvalue weighted by Crippen LogP contribution is -1.61. The van der Waals surface area contributed by atoms with Crippen molar-refractivity contribution in [2.75, 3.05) is 0 Å². The Kier molecular flexibility index (Phi) is 1.37. The largest absolute Gasteiger partial charge is 0.307 e. The van der Waals surface area contributed by atoms with Gasteiger partial charge in [-0.2, -0.15) is 0 Å². The van der Waals surface area contributed by atoms with Gasteiger partial charge in [-0.05, 0) is 7.81 Å². The van der Waals surface area contributed by atoms with E-state index in [0.717, 1.165) is 6.29 Å². The zero-order valence-corrected chi connectivity index (χ0v) is 2.69. The minimum atomic E-state index is -0.611. The smallest absolute Gasteiger partial charge is 0.0842 e. The fraction of sp³-hybridized carbons (Fsp3) is 0.500. The number of carbonyl (C=O) groups is 1. The Hall–Kier alpha value is -0.265. The van der Waals surface area contributed by atoms with Gasteiger partial charge in [-0.3, -0.25) is 0 Å². The summed E-state index contributed by atoms with van der Waals surface area (Å²) < 4.78 is 6.50. The first kappa shape index (κ1) is 2.00. The Morgan fingerprint density at radius 1 is 2.50 bits per heavy atom. The molecule has 0 aliphatic rings. The van der Waals surface area contributed by atoms with Crippen LogP contribution in [0.2, 0.25) is 6.32 Å². The van der Waals surface area contributed by atoms with Crippen molar-refractivity contribution >= 4 is 14.1 Å². The number of aldehydes is 1. The van der Waals surface area contributed by atoms with Gasteiger partial charge in [-0.1, -0.05) is 0 Å². The first-order valence-electron chi connectivity index (χ1n) is 2.35. The second-order valence-electron chi connectivity index (χ2n) is 0.575. The minimum Gasteiger partial charge on any atom is -0.307 e. The molecule has 0 aliphatic heterocycles. The Bertz CT molecular complexity index is 30.8. The van der Waals surface area contributed by atoms with E-state index < -0.39 is 7.81 Å². The van der Waals surface area contributed by atoms with Gasteiger partial charge in [0, 0.05) is 0 Å². The van der Waals surface area contributed by atoms with Gasteiger partial charge in [-0.15, -0.1) is 6.32 Å². The monoisotopic (exact) mass is 58.1 g/mol. The summed E-state index contributed by atoms with van der Waals surface area (Å²) in [7, 11) is -0.611. The third kappa shape index (κ3) is 1.73. The average Bonchev–Trinajstić information content (AvgIpc) is 1.41. The molecule has 0 aromatic heterocycles. The average molecular weight is 57.9 g/mol. The Morgan fingerprint density at radius 3 is 3.25 bits per heavy atom. The molecule has 2 heteroatoms. The lowest BCUT2D eigenvalue weighted by Gasteiger charge is -1.57. The molecule has 0 heterocycles. The molecule has 0 aliphatic carbocycles. The van der Waals surface area contributed by atoms with E-state index in [9.17, 15) is 4.79 Å². The SMILES string of the molecule is [2H][BH2-]CC=O. The molecule has 0 fully saturated rings. The summed E-state index contributed by atoms with van der Waals surface area (Å²) in [6, 6.07) is 0. The van der Waals surface area contributed by atoms with E-state index in [1.54, 1.807) is 0 Å². The third-order valence-corrected chi connectivity index (χ3v) is 0.167. The van der Waals surface area contributed by atoms with Gasteiger partial charge in [-0.25, -0.2) is 1.34 Å². The summed E-state index contributed by atoms with van der Waals surface area (Å²) in [6.45, 7) is 0. The van der Waals surface area contributed by atoms with Crippen molar-refractivity contribution in [3.8, 4) is 0 Å². The van der Waals surface area contributed by atoms with Gasteiger partial charge in [0.2, 0.25) is 0 Å². The van der Waals surface area contributed by atoms with Crippen LogP contribution in [0.15, 0.2) is 0 Å². The normalized spacial score (nSPS) is 9.50. The summed E-state index contributed by atoms with van der Waals surface area (Å²) in [5.41, 5.74) is 0. The zero-order chi connectivity index (χ0) is 4.12. The number of hydrogen-bond donors (Lipinski definition) is 0. The fourth-order valence-electron chi connectivity index (χ4n) is 0. The van der Waals surface area contributed by atoms with E-state index in [4.69, 9.17) is 1.34 Å². The lowest BCUT2D eigenvalue weighted by molar-refractivity contribution is -0.106. The summed E-state index contributed by atoms with van der Waals surface area (Å²) in [4.78, 5) is 9.32. The van der Waals surface area contributed by atoms with Gasteiger partial charge in [0.1, 0.15) is 0 Å². The van der Waals surface area contributed by atoms with E-state index in [2.05, 4.69) is 0 Å². The first-order chi connectivity index (χ1) is 2.41. The molecule has 0 saturated carbocycles. The maximum Gasteiger partial charge on any atom is 0.0842 e. The van der Waals surface area contributed by atoms with E-state index in [1.807, 2.05) is 0 Å². The summed E-state index contributed by atoms with van der Waals surface area (Å²) >= 11 is 0. The molecule has 0 radical (unpaired) electrons. The Morgan fingerprint density at radius 2 is 3.25 bits per heavy atom. The maximum atomic E-state index is 9.32. The number of rotatable bonds is 2. The molecule has 0 atom stereocenters. The molecule has 0 amide bonds. The Labute approximate surface area is 27.8 Å². The van der Waals surface area contributed by atoms with Crippen molar-refractivity contribution in [1.29, 1.82) is 1.34 Å². The van der Waals surface area contributed by atoms with Crippen LogP contribution in [0.1, 0.15) is 0 Å². The highest BCUT2D eigenvalue weighted by atomic mass is 16.1. The highest BCUT2D eigenvalue weighted by Crippen LogP contribution is 1.46. The third-order valence-electron chi connectivity index (χ3n) is 0.167. The fourth-order valence-corrected chi connectivity index (χ4v) is 0. The highest BCUT2D eigenvalue weighted by Gasteiger charge is 1.46. The number of hydrogen-bond acceptors (Lipinski definition) is 1. The molecule has 0 saturated heterocycles. The van der Waals surface area contributed by atoms with Crippen molar-refractivity contribution in [1.82, 2.24) is 0 Å². The lowest BCUT2D eigenvalue weighted by atomic mass is 10.1. The molecule has 4 heavy (non-hydrogen) atoms. The topological polar surface area (TPSA) is 17.1 Å². The second-order valence-corrected chi connectivity index (χ2v) is 0.575. The standard InChI is InChI=1S/C2H6BO/c3-1-2-4/h2H,1H2,3H3/q-1/i3D. The van der Waals surface area contributed by atoms with Gasteiger partial charge < -0.3 is 4.79 Å². The van der Waals surface area contributed by atoms with Crippen LogP contribution >= 0.6 is 0 Å². The van der Waals surface area contributed by atoms with Crippen LogP contribution in [0.5, 0.6) is 0 Å². The quantitative estimate of drug-likeness (QED) is 0.293. The van der Waals surface area contributed by atoms with Crippen LogP contribution in [0.25, 0.3) is 0 Å². The minimum absolute atomic E-state index is 0.500. The van der Waals surface area contributed by atoms with Crippen molar-refractivity contribution in [3.63, 3.8) is 0 Å². The van der Waals surface area contributed by atoms with E-state index in [-0.39, 0.29) is 0 Å². The van der Waals surface area contributed by atoms with Crippen molar-refractivity contribution in [3.05, 3.63) is 0 Å². The Balaban J connectivity index is 2.40. The molecule has 24 valence electrons. The van der Waals surface area contributed by atoms with E-state index >= 15 is 0 Å². The zero-order valence-electron chi connectivity index (χ0n) is 3.69. The molecule has 0 bridgehead atoms. The molecule has 1 nitrogen and oxygen atoms in total. The first-order valence-corrected chi connectivity index (χ1v) is 1.35. The molecule has 0 spiro atoms.